The van der Waals surface area contributed by atoms with Gasteiger partial charge in [0.05, 0.1) is 11.1 Å². The first-order valence-electron chi connectivity index (χ1n) is 9.87. The minimum absolute atomic E-state index is 0.0829. The summed E-state index contributed by atoms with van der Waals surface area (Å²) in [5.41, 5.74) is -0.309. The number of rotatable bonds is 4. The number of alkyl halides is 6. The van der Waals surface area contributed by atoms with Gasteiger partial charge in [0.2, 0.25) is 6.17 Å². The van der Waals surface area contributed by atoms with Gasteiger partial charge in [0, 0.05) is 16.9 Å². The van der Waals surface area contributed by atoms with Crippen molar-refractivity contribution in [3.05, 3.63) is 83.4 Å². The van der Waals surface area contributed by atoms with E-state index in [9.17, 15) is 31.1 Å². The molecule has 0 fully saturated rings. The Hall–Kier alpha value is -4.29. The Morgan fingerprint density at radius 3 is 1.97 bits per heavy atom. The van der Waals surface area contributed by atoms with Crippen LogP contribution in [0.1, 0.15) is 22.9 Å². The van der Waals surface area contributed by atoms with E-state index in [1.54, 1.807) is 12.1 Å². The summed E-state index contributed by atoms with van der Waals surface area (Å²) < 4.78 is 77.3. The number of halogens is 6. The smallest absolute Gasteiger partial charge is 0.308 e. The number of carbonyl (C=O) groups is 1. The highest BCUT2D eigenvalue weighted by molar-refractivity contribution is 6.00. The van der Waals surface area contributed by atoms with Crippen LogP contribution < -0.4 is 10.6 Å². The van der Waals surface area contributed by atoms with Crippen LogP contribution in [0, 0.1) is 0 Å². The van der Waals surface area contributed by atoms with E-state index in [0.717, 1.165) is 30.3 Å². The van der Waals surface area contributed by atoms with Crippen LogP contribution >= 0.6 is 0 Å². The summed E-state index contributed by atoms with van der Waals surface area (Å²) in [6.07, 6.45) is -9.98. The number of urea groups is 1. The van der Waals surface area contributed by atoms with E-state index in [1.165, 1.54) is 24.3 Å². The van der Waals surface area contributed by atoms with Crippen LogP contribution in [0.2, 0.25) is 0 Å². The van der Waals surface area contributed by atoms with Gasteiger partial charge >= 0.3 is 18.4 Å². The highest BCUT2D eigenvalue weighted by Gasteiger charge is 2.31. The second-order valence-corrected chi connectivity index (χ2v) is 7.32. The zero-order valence-corrected chi connectivity index (χ0v) is 17.4. The maximum absolute atomic E-state index is 12.9. The number of nitrogens with one attached hydrogen (secondary N) is 2. The normalized spacial score (nSPS) is 13.8. The molecule has 2 amide bonds. The monoisotopic (exact) mass is 492 g/mol. The Bertz CT molecular complexity index is 1290. The molecule has 0 atom stereocenters. The molecule has 35 heavy (non-hydrogen) atoms. The third kappa shape index (κ3) is 5.62. The Labute approximate surface area is 193 Å². The highest BCUT2D eigenvalue weighted by atomic mass is 19.4. The van der Waals surface area contributed by atoms with Gasteiger partial charge in [0.25, 0.3) is 0 Å². The van der Waals surface area contributed by atoms with Gasteiger partial charge in [-0.3, -0.25) is 0 Å². The molecule has 0 aromatic heterocycles. The first kappa shape index (κ1) is 23.9. The molecule has 4 rings (SSSR count). The predicted octanol–water partition coefficient (Wildman–Crippen LogP) is 7.87. The molecule has 3 aromatic rings. The van der Waals surface area contributed by atoms with Gasteiger partial charge in [-0.1, -0.05) is 24.3 Å². The number of benzene rings is 3. The van der Waals surface area contributed by atoms with Crippen molar-refractivity contribution >= 4 is 17.4 Å². The van der Waals surface area contributed by atoms with Gasteiger partial charge in [-0.15, -0.1) is 10.2 Å². The number of hydrogen-bond donors (Lipinski definition) is 2. The largest absolute Gasteiger partial charge is 0.416 e. The van der Waals surface area contributed by atoms with E-state index in [2.05, 4.69) is 31.3 Å². The van der Waals surface area contributed by atoms with Crippen LogP contribution in [0.5, 0.6) is 0 Å². The standard InChI is InChI=1S/C22H14F6N6O/c23-21(24,25)14-7-4-12(5-8-14)13-6-9-18(17(10-13)19-31-33-34-32-19)30-20(35)29-16-3-1-2-15(11-16)22(26,27)28/h1-11,19H,(H2,29,30,35). The summed E-state index contributed by atoms with van der Waals surface area (Å²) in [5.74, 6) is 0. The van der Waals surface area contributed by atoms with Gasteiger partial charge in [0.15, 0.2) is 0 Å². The van der Waals surface area contributed by atoms with Crippen molar-refractivity contribution in [2.75, 3.05) is 10.6 Å². The Morgan fingerprint density at radius 2 is 1.34 bits per heavy atom. The molecule has 1 aliphatic rings. The fourth-order valence-corrected chi connectivity index (χ4v) is 3.27. The summed E-state index contributed by atoms with van der Waals surface area (Å²) in [6, 6.07) is 12.3. The lowest BCUT2D eigenvalue weighted by Gasteiger charge is -2.15. The number of nitrogens with zero attached hydrogens (tertiary/aromatic N) is 4. The molecule has 0 aliphatic carbocycles. The third-order valence-corrected chi connectivity index (χ3v) is 4.93. The SMILES string of the molecule is O=C(Nc1cccc(C(F)(F)F)c1)Nc1ccc(-c2ccc(C(F)(F)F)cc2)cc1C1N=NN=N1. The summed E-state index contributed by atoms with van der Waals surface area (Å²) in [4.78, 5) is 12.5. The van der Waals surface area contributed by atoms with Crippen molar-refractivity contribution in [3.63, 3.8) is 0 Å². The van der Waals surface area contributed by atoms with E-state index in [-0.39, 0.29) is 11.4 Å². The van der Waals surface area contributed by atoms with Crippen LogP contribution in [0.4, 0.5) is 42.5 Å². The molecule has 1 aliphatic heterocycles. The number of hydrogen-bond acceptors (Lipinski definition) is 5. The number of carbonyl (C=O) groups excluding carboxylic acids is 1. The van der Waals surface area contributed by atoms with Crippen molar-refractivity contribution in [1.29, 1.82) is 0 Å². The molecular weight excluding hydrogens is 478 g/mol. The Kier molecular flexibility index (Phi) is 6.24. The summed E-state index contributed by atoms with van der Waals surface area (Å²) in [5, 5.41) is 19.3. The van der Waals surface area contributed by atoms with Gasteiger partial charge in [0.1, 0.15) is 0 Å². The fraction of sp³-hybridized carbons (Fsp3) is 0.136. The van der Waals surface area contributed by atoms with E-state index >= 15 is 0 Å². The van der Waals surface area contributed by atoms with Crippen LogP contribution in [-0.2, 0) is 12.4 Å². The molecule has 0 radical (unpaired) electrons. The maximum Gasteiger partial charge on any atom is 0.416 e. The quantitative estimate of drug-likeness (QED) is 0.357. The first-order valence-corrected chi connectivity index (χ1v) is 9.87. The lowest BCUT2D eigenvalue weighted by atomic mass is 9.99. The second-order valence-electron chi connectivity index (χ2n) is 7.32. The van der Waals surface area contributed by atoms with Crippen LogP contribution in [0.25, 0.3) is 11.1 Å². The maximum atomic E-state index is 12.9. The predicted molar refractivity (Wildman–Crippen MR) is 113 cm³/mol. The van der Waals surface area contributed by atoms with Crippen molar-refractivity contribution in [2.45, 2.75) is 18.5 Å². The molecule has 0 saturated heterocycles. The zero-order valence-electron chi connectivity index (χ0n) is 17.4. The topological polar surface area (TPSA) is 90.6 Å². The van der Waals surface area contributed by atoms with Crippen molar-refractivity contribution in [3.8, 4) is 11.1 Å². The minimum Gasteiger partial charge on any atom is -0.308 e. The van der Waals surface area contributed by atoms with Gasteiger partial charge in [-0.2, -0.15) is 26.3 Å². The number of amides is 2. The molecule has 3 aromatic carbocycles. The van der Waals surface area contributed by atoms with Crippen molar-refractivity contribution in [1.82, 2.24) is 0 Å². The second kappa shape index (κ2) is 9.16. The molecule has 180 valence electrons. The average Bonchev–Trinajstić information content (AvgIpc) is 3.33. The van der Waals surface area contributed by atoms with Gasteiger partial charge in [-0.25, -0.2) is 4.79 Å². The molecular formula is C22H14F6N6O. The van der Waals surface area contributed by atoms with Gasteiger partial charge in [-0.05, 0) is 64.0 Å². The lowest BCUT2D eigenvalue weighted by molar-refractivity contribution is -0.138. The summed E-state index contributed by atoms with van der Waals surface area (Å²) in [7, 11) is 0. The molecule has 0 unspecified atom stereocenters. The van der Waals surface area contributed by atoms with E-state index in [1.807, 2.05) is 0 Å². The molecule has 0 spiro atoms. The average molecular weight is 492 g/mol. The molecule has 0 saturated carbocycles. The number of anilines is 2. The van der Waals surface area contributed by atoms with Crippen molar-refractivity contribution in [2.24, 2.45) is 20.7 Å². The van der Waals surface area contributed by atoms with Crippen LogP contribution in [0.3, 0.4) is 0 Å². The van der Waals surface area contributed by atoms with E-state index in [4.69, 9.17) is 0 Å². The molecule has 13 heteroatoms. The fourth-order valence-electron chi connectivity index (χ4n) is 3.27. The third-order valence-electron chi connectivity index (χ3n) is 4.93. The van der Waals surface area contributed by atoms with E-state index < -0.39 is 35.7 Å². The Morgan fingerprint density at radius 1 is 0.714 bits per heavy atom. The molecule has 0 bridgehead atoms. The summed E-state index contributed by atoms with van der Waals surface area (Å²) >= 11 is 0. The zero-order chi connectivity index (χ0) is 25.2. The van der Waals surface area contributed by atoms with Crippen LogP contribution in [0.15, 0.2) is 87.4 Å². The van der Waals surface area contributed by atoms with E-state index in [0.29, 0.717) is 16.7 Å². The molecule has 1 heterocycles. The Balaban J connectivity index is 1.59. The molecule has 7 nitrogen and oxygen atoms in total. The summed E-state index contributed by atoms with van der Waals surface area (Å²) in [6.45, 7) is 0. The molecule has 2 N–H and O–H groups in total. The highest BCUT2D eigenvalue weighted by Crippen LogP contribution is 2.36. The first-order chi connectivity index (χ1) is 16.5. The minimum atomic E-state index is -4.58. The van der Waals surface area contributed by atoms with Gasteiger partial charge < -0.3 is 10.6 Å². The van der Waals surface area contributed by atoms with Crippen molar-refractivity contribution < 1.29 is 31.1 Å². The van der Waals surface area contributed by atoms with Crippen LogP contribution in [-0.4, -0.2) is 6.03 Å². The lowest BCUT2D eigenvalue weighted by Crippen LogP contribution is -2.21.